The topological polar surface area (TPSA) is 38.3 Å². The SMILES string of the molecule is COc1cc(C)c([C@H](C)NC(=O)[C@H](C)Sc2ccccc2)cc1C(C)C. The highest BCUT2D eigenvalue weighted by molar-refractivity contribution is 8.00. The number of nitrogens with one attached hydrogen (secondary N) is 1. The molecule has 0 bridgehead atoms. The monoisotopic (exact) mass is 371 g/mol. The van der Waals surface area contributed by atoms with E-state index in [0.29, 0.717) is 5.92 Å². The number of amides is 1. The lowest BCUT2D eigenvalue weighted by molar-refractivity contribution is -0.120. The van der Waals surface area contributed by atoms with Crippen molar-refractivity contribution in [1.82, 2.24) is 5.32 Å². The van der Waals surface area contributed by atoms with E-state index in [1.54, 1.807) is 18.9 Å². The van der Waals surface area contributed by atoms with Gasteiger partial charge >= 0.3 is 0 Å². The zero-order chi connectivity index (χ0) is 19.3. The molecule has 2 aromatic rings. The van der Waals surface area contributed by atoms with Gasteiger partial charge in [-0.25, -0.2) is 0 Å². The average molecular weight is 372 g/mol. The van der Waals surface area contributed by atoms with Crippen LogP contribution in [0.15, 0.2) is 47.4 Å². The summed E-state index contributed by atoms with van der Waals surface area (Å²) in [7, 11) is 1.70. The first-order chi connectivity index (χ1) is 12.3. The summed E-state index contributed by atoms with van der Waals surface area (Å²) >= 11 is 1.58. The van der Waals surface area contributed by atoms with E-state index in [1.807, 2.05) is 44.2 Å². The van der Waals surface area contributed by atoms with Crippen LogP contribution < -0.4 is 10.1 Å². The lowest BCUT2D eigenvalue weighted by atomic mass is 9.93. The van der Waals surface area contributed by atoms with Crippen LogP contribution in [0, 0.1) is 6.92 Å². The third-order valence-electron chi connectivity index (χ3n) is 4.49. The molecule has 0 aromatic heterocycles. The van der Waals surface area contributed by atoms with Crippen LogP contribution in [0.2, 0.25) is 0 Å². The predicted octanol–water partition coefficient (Wildman–Crippen LogP) is 5.49. The second kappa shape index (κ2) is 9.13. The Morgan fingerprint density at radius 2 is 1.69 bits per heavy atom. The van der Waals surface area contributed by atoms with Crippen molar-refractivity contribution in [3.05, 3.63) is 59.2 Å². The minimum Gasteiger partial charge on any atom is -0.496 e. The van der Waals surface area contributed by atoms with Crippen LogP contribution in [-0.2, 0) is 4.79 Å². The Morgan fingerprint density at radius 1 is 1.04 bits per heavy atom. The van der Waals surface area contributed by atoms with Gasteiger partial charge in [0, 0.05) is 4.90 Å². The van der Waals surface area contributed by atoms with E-state index in [2.05, 4.69) is 38.2 Å². The molecule has 2 atom stereocenters. The first-order valence-corrected chi connectivity index (χ1v) is 9.92. The molecule has 1 amide bonds. The van der Waals surface area contributed by atoms with Crippen molar-refractivity contribution in [2.45, 2.75) is 56.7 Å². The third kappa shape index (κ3) is 5.04. The van der Waals surface area contributed by atoms with Crippen LogP contribution in [0.1, 0.15) is 56.3 Å². The number of carbonyl (C=O) groups is 1. The lowest BCUT2D eigenvalue weighted by Gasteiger charge is -2.22. The van der Waals surface area contributed by atoms with Crippen LogP contribution in [0.25, 0.3) is 0 Å². The molecule has 2 aromatic carbocycles. The lowest BCUT2D eigenvalue weighted by Crippen LogP contribution is -2.33. The summed E-state index contributed by atoms with van der Waals surface area (Å²) in [6, 6.07) is 14.2. The first-order valence-electron chi connectivity index (χ1n) is 9.04. The van der Waals surface area contributed by atoms with E-state index in [-0.39, 0.29) is 17.2 Å². The van der Waals surface area contributed by atoms with E-state index in [1.165, 1.54) is 5.56 Å². The summed E-state index contributed by atoms with van der Waals surface area (Å²) in [6.45, 7) is 10.3. The van der Waals surface area contributed by atoms with Gasteiger partial charge in [0.25, 0.3) is 0 Å². The molecule has 0 unspecified atom stereocenters. The molecule has 26 heavy (non-hydrogen) atoms. The fourth-order valence-corrected chi connectivity index (χ4v) is 3.87. The molecular formula is C22H29NO2S. The molecular weight excluding hydrogens is 342 g/mol. The molecule has 0 saturated carbocycles. The summed E-state index contributed by atoms with van der Waals surface area (Å²) in [5, 5.41) is 3.01. The van der Waals surface area contributed by atoms with Crippen molar-refractivity contribution in [3.8, 4) is 5.75 Å². The molecule has 1 N–H and O–H groups in total. The van der Waals surface area contributed by atoms with Gasteiger partial charge in [-0.05, 0) is 67.6 Å². The fraction of sp³-hybridized carbons (Fsp3) is 0.409. The summed E-state index contributed by atoms with van der Waals surface area (Å²) in [4.78, 5) is 13.7. The van der Waals surface area contributed by atoms with Crippen LogP contribution in [0.4, 0.5) is 0 Å². The summed E-state index contributed by atoms with van der Waals surface area (Å²) in [5.41, 5.74) is 3.43. The van der Waals surface area contributed by atoms with Crippen molar-refractivity contribution in [1.29, 1.82) is 0 Å². The van der Waals surface area contributed by atoms with E-state index < -0.39 is 0 Å². The minimum absolute atomic E-state index is 0.0488. The van der Waals surface area contributed by atoms with E-state index in [4.69, 9.17) is 4.74 Å². The van der Waals surface area contributed by atoms with Crippen LogP contribution in [-0.4, -0.2) is 18.3 Å². The maximum absolute atomic E-state index is 12.6. The number of aryl methyl sites for hydroxylation is 1. The van der Waals surface area contributed by atoms with E-state index >= 15 is 0 Å². The predicted molar refractivity (Wildman–Crippen MR) is 110 cm³/mol. The number of benzene rings is 2. The molecule has 140 valence electrons. The highest BCUT2D eigenvalue weighted by Gasteiger charge is 2.20. The first kappa shape index (κ1) is 20.4. The van der Waals surface area contributed by atoms with Crippen molar-refractivity contribution >= 4 is 17.7 Å². The second-order valence-corrected chi connectivity index (χ2v) is 8.32. The summed E-state index contributed by atoms with van der Waals surface area (Å²) < 4.78 is 5.52. The Labute approximate surface area is 161 Å². The van der Waals surface area contributed by atoms with Crippen molar-refractivity contribution in [2.75, 3.05) is 7.11 Å². The molecule has 0 heterocycles. The quantitative estimate of drug-likeness (QED) is 0.655. The van der Waals surface area contributed by atoms with E-state index in [9.17, 15) is 4.79 Å². The number of thioether (sulfide) groups is 1. The van der Waals surface area contributed by atoms with Crippen LogP contribution in [0.5, 0.6) is 5.75 Å². The Balaban J connectivity index is 2.12. The third-order valence-corrected chi connectivity index (χ3v) is 5.60. The van der Waals surface area contributed by atoms with E-state index in [0.717, 1.165) is 21.8 Å². The van der Waals surface area contributed by atoms with Crippen molar-refractivity contribution < 1.29 is 9.53 Å². The van der Waals surface area contributed by atoms with Gasteiger partial charge in [0.05, 0.1) is 18.4 Å². The second-order valence-electron chi connectivity index (χ2n) is 6.91. The number of rotatable bonds is 7. The number of hydrogen-bond donors (Lipinski definition) is 1. The number of carbonyl (C=O) groups excluding carboxylic acids is 1. The zero-order valence-electron chi connectivity index (χ0n) is 16.5. The summed E-state index contributed by atoms with van der Waals surface area (Å²) in [5.74, 6) is 1.32. The largest absolute Gasteiger partial charge is 0.496 e. The zero-order valence-corrected chi connectivity index (χ0v) is 17.3. The molecule has 0 spiro atoms. The van der Waals surface area contributed by atoms with Gasteiger partial charge in [-0.3, -0.25) is 4.79 Å². The average Bonchev–Trinajstić information content (AvgIpc) is 2.61. The molecule has 0 aliphatic carbocycles. The number of methoxy groups -OCH3 is 1. The maximum Gasteiger partial charge on any atom is 0.233 e. The number of ether oxygens (including phenoxy) is 1. The van der Waals surface area contributed by atoms with Crippen LogP contribution in [0.3, 0.4) is 0 Å². The number of hydrogen-bond acceptors (Lipinski definition) is 3. The highest BCUT2D eigenvalue weighted by atomic mass is 32.2. The molecule has 0 aliphatic rings. The molecule has 4 heteroatoms. The van der Waals surface area contributed by atoms with Gasteiger partial charge in [-0.1, -0.05) is 32.0 Å². The van der Waals surface area contributed by atoms with Gasteiger partial charge in [-0.2, -0.15) is 0 Å². The molecule has 3 nitrogen and oxygen atoms in total. The maximum atomic E-state index is 12.6. The van der Waals surface area contributed by atoms with Gasteiger partial charge in [0.2, 0.25) is 5.91 Å². The van der Waals surface area contributed by atoms with Crippen LogP contribution >= 0.6 is 11.8 Å². The molecule has 0 fully saturated rings. The van der Waals surface area contributed by atoms with Gasteiger partial charge in [0.1, 0.15) is 5.75 Å². The molecule has 0 aliphatic heterocycles. The Morgan fingerprint density at radius 3 is 2.27 bits per heavy atom. The Hall–Kier alpha value is -1.94. The van der Waals surface area contributed by atoms with Gasteiger partial charge in [0.15, 0.2) is 0 Å². The molecule has 0 saturated heterocycles. The fourth-order valence-electron chi connectivity index (χ4n) is 2.98. The van der Waals surface area contributed by atoms with Gasteiger partial charge in [-0.15, -0.1) is 11.8 Å². The molecule has 2 rings (SSSR count). The van der Waals surface area contributed by atoms with Crippen molar-refractivity contribution in [2.24, 2.45) is 0 Å². The Bertz CT molecular complexity index is 743. The smallest absolute Gasteiger partial charge is 0.233 e. The molecule has 0 radical (unpaired) electrons. The summed E-state index contributed by atoms with van der Waals surface area (Å²) in [6.07, 6.45) is 0. The highest BCUT2D eigenvalue weighted by Crippen LogP contribution is 2.32. The Kier molecular flexibility index (Phi) is 7.15. The standard InChI is InChI=1S/C22H29NO2S/c1-14(2)19-13-20(15(3)12-21(19)25-6)16(4)23-22(24)17(5)26-18-10-8-7-9-11-18/h7-14,16-17H,1-6H3,(H,23,24)/t16-,17-/m0/s1. The normalized spacial score (nSPS) is 13.3. The van der Waals surface area contributed by atoms with Crippen molar-refractivity contribution in [3.63, 3.8) is 0 Å². The minimum atomic E-state index is -0.150. The van der Waals surface area contributed by atoms with Gasteiger partial charge < -0.3 is 10.1 Å².